The molecule has 0 saturated carbocycles. The van der Waals surface area contributed by atoms with Crippen molar-refractivity contribution >= 4 is 16.8 Å². The summed E-state index contributed by atoms with van der Waals surface area (Å²) in [4.78, 5) is 25.6. The molecule has 2 aromatic carbocycles. The lowest BCUT2D eigenvalue weighted by Gasteiger charge is -2.11. The van der Waals surface area contributed by atoms with Crippen LogP contribution in [-0.2, 0) is 19.1 Å². The van der Waals surface area contributed by atoms with Gasteiger partial charge in [0.1, 0.15) is 11.4 Å². The van der Waals surface area contributed by atoms with Crippen LogP contribution in [0, 0.1) is 5.92 Å². The lowest BCUT2D eigenvalue weighted by Crippen LogP contribution is -2.24. The maximum Gasteiger partial charge on any atom is 0.433 e. The van der Waals surface area contributed by atoms with Crippen LogP contribution >= 0.6 is 0 Å². The number of nitrogens with one attached hydrogen (secondary N) is 1. The number of carbonyl (C=O) groups excluding carboxylic acids is 1. The Morgan fingerprint density at radius 3 is 2.29 bits per heavy atom. The van der Waals surface area contributed by atoms with Gasteiger partial charge in [0.05, 0.1) is 5.52 Å². The molecule has 0 atom stereocenters. The Labute approximate surface area is 195 Å². The first-order valence-corrected chi connectivity index (χ1v) is 10.9. The van der Waals surface area contributed by atoms with Crippen LogP contribution in [0.2, 0.25) is 0 Å². The molecule has 0 unspecified atom stereocenters. The lowest BCUT2D eigenvalue weighted by molar-refractivity contribution is -0.141. The number of halogens is 3. The minimum atomic E-state index is -4.51. The van der Waals surface area contributed by atoms with Crippen LogP contribution in [0.5, 0.6) is 0 Å². The van der Waals surface area contributed by atoms with Crippen molar-refractivity contribution in [2.75, 3.05) is 0 Å². The number of hydrogen-bond donors (Lipinski definition) is 1. The Balaban J connectivity index is 1.59. The molecule has 0 bridgehead atoms. The van der Waals surface area contributed by atoms with Gasteiger partial charge >= 0.3 is 6.18 Å². The first-order valence-electron chi connectivity index (χ1n) is 10.9. The molecule has 0 aliphatic rings. The minimum Gasteiger partial charge on any atom is -0.347 e. The smallest absolute Gasteiger partial charge is 0.347 e. The average Bonchev–Trinajstić information content (AvgIpc) is 2.81. The highest BCUT2D eigenvalue weighted by Gasteiger charge is 2.32. The second-order valence-electron chi connectivity index (χ2n) is 8.44. The third-order valence-corrected chi connectivity index (χ3v) is 5.24. The van der Waals surface area contributed by atoms with Gasteiger partial charge in [0, 0.05) is 23.7 Å². The number of rotatable bonds is 6. The normalized spacial score (nSPS) is 11.7. The maximum atomic E-state index is 13.0. The number of carbonyl (C=O) groups is 1. The fourth-order valence-corrected chi connectivity index (χ4v) is 3.60. The van der Waals surface area contributed by atoms with E-state index < -0.39 is 17.8 Å². The minimum absolute atomic E-state index is 0.0154. The Bertz CT molecular complexity index is 1300. The zero-order chi connectivity index (χ0) is 24.3. The van der Waals surface area contributed by atoms with E-state index >= 15 is 0 Å². The molecular formula is C26H23F3N4O. The van der Waals surface area contributed by atoms with E-state index in [0.717, 1.165) is 24.2 Å². The van der Waals surface area contributed by atoms with Crippen LogP contribution in [0.15, 0.2) is 66.9 Å². The molecule has 4 rings (SSSR count). The number of amides is 1. The summed E-state index contributed by atoms with van der Waals surface area (Å²) in [5.74, 6) is 0.519. The molecule has 0 fully saturated rings. The first kappa shape index (κ1) is 23.4. The molecule has 0 aliphatic carbocycles. The highest BCUT2D eigenvalue weighted by Crippen LogP contribution is 2.27. The number of benzene rings is 2. The van der Waals surface area contributed by atoms with Crippen molar-refractivity contribution in [1.82, 2.24) is 20.3 Å². The van der Waals surface area contributed by atoms with Crippen molar-refractivity contribution < 1.29 is 18.0 Å². The highest BCUT2D eigenvalue weighted by molar-refractivity contribution is 6.04. The number of alkyl halides is 3. The molecule has 34 heavy (non-hydrogen) atoms. The first-order chi connectivity index (χ1) is 16.2. The van der Waals surface area contributed by atoms with Gasteiger partial charge in [0.15, 0.2) is 5.82 Å². The molecule has 1 amide bonds. The number of hydrogen-bond acceptors (Lipinski definition) is 4. The van der Waals surface area contributed by atoms with Crippen molar-refractivity contribution in [1.29, 1.82) is 0 Å². The summed E-state index contributed by atoms with van der Waals surface area (Å²) in [7, 11) is 0. The molecule has 5 nitrogen and oxygen atoms in total. The molecule has 0 aliphatic heterocycles. The standard InChI is InChI=1S/C26H23F3N4O/c1-16(2)13-17-7-10-19(11-8-17)24-32-21-6-4-3-5-20(21)23(33-24)25(34)31-15-18-9-12-22(30-14-18)26(27,28)29/h3-12,14,16H,13,15H2,1-2H3,(H,31,34). The van der Waals surface area contributed by atoms with E-state index in [2.05, 4.69) is 34.1 Å². The number of pyridine rings is 1. The average molecular weight is 464 g/mol. The summed E-state index contributed by atoms with van der Waals surface area (Å²) >= 11 is 0. The zero-order valence-corrected chi connectivity index (χ0v) is 18.7. The number of fused-ring (bicyclic) bond motifs is 1. The van der Waals surface area contributed by atoms with Gasteiger partial charge in [-0.05, 0) is 35.6 Å². The second-order valence-corrected chi connectivity index (χ2v) is 8.44. The topological polar surface area (TPSA) is 67.8 Å². The van der Waals surface area contributed by atoms with Crippen LogP contribution in [0.1, 0.15) is 41.2 Å². The van der Waals surface area contributed by atoms with Crippen molar-refractivity contribution in [3.05, 3.63) is 89.4 Å². The van der Waals surface area contributed by atoms with Crippen molar-refractivity contribution in [2.45, 2.75) is 33.0 Å². The van der Waals surface area contributed by atoms with E-state index in [9.17, 15) is 18.0 Å². The van der Waals surface area contributed by atoms with E-state index in [0.29, 0.717) is 28.2 Å². The third kappa shape index (κ3) is 5.39. The number of aromatic nitrogens is 3. The highest BCUT2D eigenvalue weighted by atomic mass is 19.4. The summed E-state index contributed by atoms with van der Waals surface area (Å²) in [5, 5.41) is 3.31. The summed E-state index contributed by atoms with van der Waals surface area (Å²) in [6.45, 7) is 4.33. The lowest BCUT2D eigenvalue weighted by atomic mass is 10.0. The Morgan fingerprint density at radius 2 is 1.65 bits per heavy atom. The summed E-state index contributed by atoms with van der Waals surface area (Å²) in [6.07, 6.45) is -2.44. The third-order valence-electron chi connectivity index (χ3n) is 5.24. The largest absolute Gasteiger partial charge is 0.433 e. The Kier molecular flexibility index (Phi) is 6.58. The quantitative estimate of drug-likeness (QED) is 0.389. The van der Waals surface area contributed by atoms with E-state index in [1.165, 1.54) is 11.6 Å². The molecule has 2 heterocycles. The van der Waals surface area contributed by atoms with Crippen molar-refractivity contribution in [3.8, 4) is 11.4 Å². The van der Waals surface area contributed by atoms with Gasteiger partial charge in [-0.15, -0.1) is 0 Å². The zero-order valence-electron chi connectivity index (χ0n) is 18.7. The Morgan fingerprint density at radius 1 is 0.941 bits per heavy atom. The van der Waals surface area contributed by atoms with Gasteiger partial charge in [-0.1, -0.05) is 62.4 Å². The van der Waals surface area contributed by atoms with Gasteiger partial charge in [0.25, 0.3) is 5.91 Å². The molecule has 8 heteroatoms. The van der Waals surface area contributed by atoms with E-state index in [1.54, 1.807) is 12.1 Å². The predicted octanol–water partition coefficient (Wildman–Crippen LogP) is 5.84. The summed E-state index contributed by atoms with van der Waals surface area (Å²) in [6, 6.07) is 17.3. The van der Waals surface area contributed by atoms with Crippen LogP contribution in [0.3, 0.4) is 0 Å². The SMILES string of the molecule is CC(C)Cc1ccc(-c2nc(C(=O)NCc3ccc(C(F)(F)F)nc3)c3ccccc3n2)cc1. The van der Waals surface area contributed by atoms with Crippen LogP contribution in [0.4, 0.5) is 13.2 Å². The molecule has 1 N–H and O–H groups in total. The van der Waals surface area contributed by atoms with Crippen molar-refractivity contribution in [3.63, 3.8) is 0 Å². The Hall–Kier alpha value is -3.81. The monoisotopic (exact) mass is 464 g/mol. The van der Waals surface area contributed by atoms with E-state index in [4.69, 9.17) is 0 Å². The fraction of sp³-hybridized carbons (Fsp3) is 0.231. The molecule has 4 aromatic rings. The van der Waals surface area contributed by atoms with Crippen LogP contribution in [0.25, 0.3) is 22.3 Å². The summed E-state index contributed by atoms with van der Waals surface area (Å²) in [5.41, 5.74) is 2.29. The van der Waals surface area contributed by atoms with Gasteiger partial charge < -0.3 is 5.32 Å². The number of para-hydroxylation sites is 1. The predicted molar refractivity (Wildman–Crippen MR) is 124 cm³/mol. The van der Waals surface area contributed by atoms with E-state index in [-0.39, 0.29) is 12.2 Å². The molecule has 0 radical (unpaired) electrons. The van der Waals surface area contributed by atoms with Gasteiger partial charge in [0.2, 0.25) is 0 Å². The van der Waals surface area contributed by atoms with Gasteiger partial charge in [-0.2, -0.15) is 13.2 Å². The molecule has 174 valence electrons. The number of nitrogens with zero attached hydrogens (tertiary/aromatic N) is 3. The van der Waals surface area contributed by atoms with Crippen molar-refractivity contribution in [2.24, 2.45) is 5.92 Å². The van der Waals surface area contributed by atoms with E-state index in [1.807, 2.05) is 36.4 Å². The molecular weight excluding hydrogens is 441 g/mol. The fourth-order valence-electron chi connectivity index (χ4n) is 3.60. The van der Waals surface area contributed by atoms with Crippen LogP contribution < -0.4 is 5.32 Å². The van der Waals surface area contributed by atoms with Gasteiger partial charge in [-0.3, -0.25) is 9.78 Å². The van der Waals surface area contributed by atoms with Crippen LogP contribution in [-0.4, -0.2) is 20.9 Å². The molecule has 0 saturated heterocycles. The maximum absolute atomic E-state index is 13.0. The van der Waals surface area contributed by atoms with Gasteiger partial charge in [-0.25, -0.2) is 9.97 Å². The molecule has 0 spiro atoms. The second kappa shape index (κ2) is 9.59. The summed E-state index contributed by atoms with van der Waals surface area (Å²) < 4.78 is 38.1. The molecule has 2 aromatic heterocycles.